The molecule has 0 saturated carbocycles. The van der Waals surface area contributed by atoms with Gasteiger partial charge in [-0.3, -0.25) is 10.1 Å². The van der Waals surface area contributed by atoms with Crippen molar-refractivity contribution in [3.8, 4) is 5.75 Å². The molecule has 0 heterocycles. The highest BCUT2D eigenvalue weighted by molar-refractivity contribution is 5.64. The Morgan fingerprint density at radius 1 is 1.62 bits per heavy atom. The van der Waals surface area contributed by atoms with Gasteiger partial charge in [-0.05, 0) is 5.53 Å². The van der Waals surface area contributed by atoms with E-state index in [0.717, 1.165) is 0 Å². The molecule has 7 nitrogen and oxygen atoms in total. The van der Waals surface area contributed by atoms with Crippen LogP contribution in [0.4, 0.5) is 5.69 Å². The number of phenolic OH excluding ortho intramolecular Hbond substituents is 1. The fourth-order valence-corrected chi connectivity index (χ4v) is 1.09. The van der Waals surface area contributed by atoms with Gasteiger partial charge in [0.05, 0.1) is 4.92 Å². The zero-order valence-corrected chi connectivity index (χ0v) is 8.15. The van der Waals surface area contributed by atoms with Gasteiger partial charge in [0.1, 0.15) is 0 Å². The number of nitro groups is 1. The molecule has 1 aromatic carbocycles. The highest BCUT2D eigenvalue weighted by Gasteiger charge is 2.14. The Morgan fingerprint density at radius 3 is 3.00 bits per heavy atom. The van der Waals surface area contributed by atoms with Crippen LogP contribution < -0.4 is 0 Å². The van der Waals surface area contributed by atoms with Gasteiger partial charge in [-0.1, -0.05) is 29.4 Å². The van der Waals surface area contributed by atoms with Gasteiger partial charge in [0.25, 0.3) is 0 Å². The van der Waals surface area contributed by atoms with Crippen LogP contribution in [0.2, 0.25) is 0 Å². The molecule has 0 aliphatic carbocycles. The third kappa shape index (κ3) is 2.73. The van der Waals surface area contributed by atoms with Crippen molar-refractivity contribution in [1.82, 2.24) is 0 Å². The fourth-order valence-electron chi connectivity index (χ4n) is 1.09. The van der Waals surface area contributed by atoms with Crippen LogP contribution in [0.25, 0.3) is 16.5 Å². The first-order chi connectivity index (χ1) is 7.66. The lowest BCUT2D eigenvalue weighted by atomic mass is 10.1. The Hall–Kier alpha value is -2.53. The third-order valence-corrected chi connectivity index (χ3v) is 1.79. The highest BCUT2D eigenvalue weighted by atomic mass is 16.6. The zero-order chi connectivity index (χ0) is 12.0. The van der Waals surface area contributed by atoms with Gasteiger partial charge in [-0.15, -0.1) is 0 Å². The first-order valence-corrected chi connectivity index (χ1v) is 4.30. The van der Waals surface area contributed by atoms with Crippen molar-refractivity contribution in [3.05, 3.63) is 50.4 Å². The predicted molar refractivity (Wildman–Crippen MR) is 57.8 cm³/mol. The van der Waals surface area contributed by atoms with Crippen LogP contribution in [0.15, 0.2) is 29.4 Å². The molecule has 0 bridgehead atoms. The molecular weight excluding hydrogens is 212 g/mol. The van der Waals surface area contributed by atoms with Crippen LogP contribution in [0.1, 0.15) is 5.56 Å². The first-order valence-electron chi connectivity index (χ1n) is 4.30. The largest absolute Gasteiger partial charge is 0.502 e. The monoisotopic (exact) mass is 220 g/mol. The number of rotatable bonds is 4. The maximum atomic E-state index is 10.5. The van der Waals surface area contributed by atoms with Crippen molar-refractivity contribution >= 4 is 11.8 Å². The summed E-state index contributed by atoms with van der Waals surface area (Å²) in [6, 6.07) is 4.19. The Balaban J connectivity index is 2.97. The molecule has 0 aromatic heterocycles. The summed E-state index contributed by atoms with van der Waals surface area (Å²) in [5.74, 6) is -0.398. The fraction of sp³-hybridized carbons (Fsp3) is 0.111. The summed E-state index contributed by atoms with van der Waals surface area (Å²) in [4.78, 5) is 12.4. The minimum absolute atomic E-state index is 0.124. The number of azide groups is 1. The number of hydrogen-bond donors (Lipinski definition) is 1. The molecule has 1 N–H and O–H groups in total. The molecule has 1 rings (SSSR count). The maximum absolute atomic E-state index is 10.5. The summed E-state index contributed by atoms with van der Waals surface area (Å²) >= 11 is 0. The summed E-state index contributed by atoms with van der Waals surface area (Å²) in [7, 11) is 0. The van der Waals surface area contributed by atoms with E-state index in [2.05, 4.69) is 10.0 Å². The molecule has 0 amide bonds. The SMILES string of the molecule is [N-]=[N+]=NCC=Cc1cccc([N+](=O)[O-])c1O. The zero-order valence-electron chi connectivity index (χ0n) is 8.15. The van der Waals surface area contributed by atoms with Gasteiger partial charge in [-0.2, -0.15) is 0 Å². The van der Waals surface area contributed by atoms with Gasteiger partial charge in [0.2, 0.25) is 5.75 Å². The van der Waals surface area contributed by atoms with Crippen LogP contribution in [0.3, 0.4) is 0 Å². The van der Waals surface area contributed by atoms with E-state index in [0.29, 0.717) is 5.56 Å². The number of nitrogens with zero attached hydrogens (tertiary/aromatic N) is 4. The van der Waals surface area contributed by atoms with E-state index < -0.39 is 10.7 Å². The van der Waals surface area contributed by atoms with Crippen molar-refractivity contribution < 1.29 is 10.0 Å². The molecule has 0 spiro atoms. The standard InChI is InChI=1S/C9H8N4O3/c10-12-11-6-2-4-7-3-1-5-8(9(7)14)13(15)16/h1-5,14H,6H2. The maximum Gasteiger partial charge on any atom is 0.311 e. The molecule has 16 heavy (non-hydrogen) atoms. The number of hydrogen-bond acceptors (Lipinski definition) is 4. The summed E-state index contributed by atoms with van der Waals surface area (Å²) in [5.41, 5.74) is 7.97. The van der Waals surface area contributed by atoms with Crippen molar-refractivity contribution in [2.45, 2.75) is 0 Å². The smallest absolute Gasteiger partial charge is 0.311 e. The average molecular weight is 220 g/mol. The molecule has 0 aliphatic rings. The van der Waals surface area contributed by atoms with E-state index in [-0.39, 0.29) is 12.2 Å². The van der Waals surface area contributed by atoms with Crippen molar-refractivity contribution in [1.29, 1.82) is 0 Å². The second kappa shape index (κ2) is 5.38. The molecule has 0 radical (unpaired) electrons. The van der Waals surface area contributed by atoms with Crippen molar-refractivity contribution in [2.75, 3.05) is 6.54 Å². The Bertz CT molecular complexity index is 478. The minimum atomic E-state index is -0.667. The lowest BCUT2D eigenvalue weighted by molar-refractivity contribution is -0.385. The van der Waals surface area contributed by atoms with Crippen molar-refractivity contribution in [2.24, 2.45) is 5.11 Å². The molecule has 0 aliphatic heterocycles. The molecule has 0 fully saturated rings. The van der Waals surface area contributed by atoms with Crippen LogP contribution >= 0.6 is 0 Å². The summed E-state index contributed by atoms with van der Waals surface area (Å²) in [6.45, 7) is 0.124. The van der Waals surface area contributed by atoms with Gasteiger partial charge in [0, 0.05) is 23.1 Å². The van der Waals surface area contributed by atoms with E-state index in [1.165, 1.54) is 30.4 Å². The average Bonchev–Trinajstić information content (AvgIpc) is 2.26. The Morgan fingerprint density at radius 2 is 2.38 bits per heavy atom. The quantitative estimate of drug-likeness (QED) is 0.276. The molecule has 0 atom stereocenters. The number of benzene rings is 1. The molecule has 7 heteroatoms. The lowest BCUT2D eigenvalue weighted by Gasteiger charge is -1.99. The Kier molecular flexibility index (Phi) is 3.88. The number of aromatic hydroxyl groups is 1. The second-order valence-electron chi connectivity index (χ2n) is 2.79. The van der Waals surface area contributed by atoms with E-state index in [1.807, 2.05) is 0 Å². The summed E-state index contributed by atoms with van der Waals surface area (Å²) < 4.78 is 0. The predicted octanol–water partition coefficient (Wildman–Crippen LogP) is 2.62. The number of nitro benzene ring substituents is 1. The normalized spacial score (nSPS) is 10.0. The highest BCUT2D eigenvalue weighted by Crippen LogP contribution is 2.29. The third-order valence-electron chi connectivity index (χ3n) is 1.79. The van der Waals surface area contributed by atoms with E-state index in [1.54, 1.807) is 0 Å². The van der Waals surface area contributed by atoms with Crippen LogP contribution in [-0.4, -0.2) is 16.6 Å². The van der Waals surface area contributed by atoms with Crippen molar-refractivity contribution in [3.63, 3.8) is 0 Å². The van der Waals surface area contributed by atoms with Gasteiger partial charge < -0.3 is 5.11 Å². The molecular formula is C9H8N4O3. The lowest BCUT2D eigenvalue weighted by Crippen LogP contribution is -1.89. The number of phenols is 1. The van der Waals surface area contributed by atoms with E-state index in [9.17, 15) is 15.2 Å². The van der Waals surface area contributed by atoms with Crippen LogP contribution in [-0.2, 0) is 0 Å². The Labute approximate surface area is 90.4 Å². The number of para-hydroxylation sites is 1. The minimum Gasteiger partial charge on any atom is -0.502 e. The first kappa shape index (κ1) is 11.5. The summed E-state index contributed by atoms with van der Waals surface area (Å²) in [6.07, 6.45) is 2.95. The van der Waals surface area contributed by atoms with Gasteiger partial charge in [-0.25, -0.2) is 0 Å². The van der Waals surface area contributed by atoms with E-state index >= 15 is 0 Å². The van der Waals surface area contributed by atoms with Crippen LogP contribution in [0.5, 0.6) is 5.75 Å². The summed E-state index contributed by atoms with van der Waals surface area (Å²) in [5, 5.41) is 23.3. The molecule has 82 valence electrons. The molecule has 0 unspecified atom stereocenters. The van der Waals surface area contributed by atoms with Crippen LogP contribution in [0, 0.1) is 10.1 Å². The topological polar surface area (TPSA) is 112 Å². The molecule has 1 aromatic rings. The second-order valence-corrected chi connectivity index (χ2v) is 2.79. The van der Waals surface area contributed by atoms with E-state index in [4.69, 9.17) is 5.53 Å². The van der Waals surface area contributed by atoms with Gasteiger partial charge in [0.15, 0.2) is 0 Å². The molecule has 0 saturated heterocycles. The van der Waals surface area contributed by atoms with Gasteiger partial charge >= 0.3 is 5.69 Å².